The van der Waals surface area contributed by atoms with E-state index in [0.29, 0.717) is 43.9 Å². The molecule has 8 nitrogen and oxygen atoms in total. The van der Waals surface area contributed by atoms with Crippen LogP contribution in [0.5, 0.6) is 11.5 Å². The monoisotopic (exact) mass is 530 g/mol. The van der Waals surface area contributed by atoms with Gasteiger partial charge in [-0.2, -0.15) is 0 Å². The van der Waals surface area contributed by atoms with Gasteiger partial charge in [0, 0.05) is 32.5 Å². The molecule has 1 N–H and O–H groups in total. The maximum atomic E-state index is 13.4. The largest absolute Gasteiger partial charge is 0.469 e. The van der Waals surface area contributed by atoms with Crippen molar-refractivity contribution in [2.75, 3.05) is 26.7 Å². The minimum absolute atomic E-state index is 0.00532. The van der Waals surface area contributed by atoms with Gasteiger partial charge in [0.15, 0.2) is 0 Å². The van der Waals surface area contributed by atoms with Crippen molar-refractivity contribution in [3.05, 3.63) is 95.6 Å². The Balaban J connectivity index is 1.44. The highest BCUT2D eigenvalue weighted by Crippen LogP contribution is 2.30. The smallest absolute Gasteiger partial charge is 0.407 e. The molecule has 1 heterocycles. The molecule has 4 rings (SSSR count). The minimum atomic E-state index is -0.960. The van der Waals surface area contributed by atoms with Crippen LogP contribution in [-0.4, -0.2) is 65.7 Å². The Morgan fingerprint density at radius 2 is 1.41 bits per heavy atom. The van der Waals surface area contributed by atoms with Crippen molar-refractivity contribution in [1.29, 1.82) is 0 Å². The van der Waals surface area contributed by atoms with Crippen LogP contribution in [0.15, 0.2) is 78.9 Å². The van der Waals surface area contributed by atoms with Gasteiger partial charge in [0.2, 0.25) is 5.91 Å². The van der Waals surface area contributed by atoms with Crippen molar-refractivity contribution in [1.82, 2.24) is 9.80 Å². The highest BCUT2D eigenvalue weighted by molar-refractivity contribution is 5.77. The number of hydrogen-bond acceptors (Lipinski definition) is 5. The molecule has 0 spiro atoms. The number of esters is 1. The zero-order valence-electron chi connectivity index (χ0n) is 22.1. The van der Waals surface area contributed by atoms with Crippen LogP contribution in [0.4, 0.5) is 4.79 Å². The molecular formula is C31H34N2O6. The Hall–Kier alpha value is -4.33. The van der Waals surface area contributed by atoms with E-state index in [1.54, 1.807) is 0 Å². The Labute approximate surface area is 228 Å². The van der Waals surface area contributed by atoms with E-state index in [-0.39, 0.29) is 37.3 Å². The number of aryl methyl sites for hydroxylation is 2. The Morgan fingerprint density at radius 1 is 0.821 bits per heavy atom. The maximum absolute atomic E-state index is 13.4. The van der Waals surface area contributed by atoms with Gasteiger partial charge in [-0.3, -0.25) is 9.59 Å². The first kappa shape index (κ1) is 27.7. The summed E-state index contributed by atoms with van der Waals surface area (Å²) >= 11 is 0. The summed E-state index contributed by atoms with van der Waals surface area (Å²) in [6, 6.07) is 24.8. The van der Waals surface area contributed by atoms with Gasteiger partial charge in [-0.15, -0.1) is 0 Å². The van der Waals surface area contributed by atoms with Crippen LogP contribution >= 0.6 is 0 Å². The third-order valence-electron chi connectivity index (χ3n) is 6.99. The summed E-state index contributed by atoms with van der Waals surface area (Å²) in [5, 5.41) is 9.53. The number of carbonyl (C=O) groups is 3. The molecular weight excluding hydrogens is 496 g/mol. The minimum Gasteiger partial charge on any atom is -0.469 e. The average molecular weight is 531 g/mol. The number of piperazine rings is 1. The predicted molar refractivity (Wildman–Crippen MR) is 147 cm³/mol. The van der Waals surface area contributed by atoms with Crippen LogP contribution in [-0.2, 0) is 33.6 Å². The normalized spacial score (nSPS) is 15.1. The van der Waals surface area contributed by atoms with Crippen LogP contribution in [0.3, 0.4) is 0 Å². The first-order chi connectivity index (χ1) is 18.9. The summed E-state index contributed by atoms with van der Waals surface area (Å²) in [7, 11) is 1.37. The number of carboxylic acid groups (broad SMARTS) is 1. The predicted octanol–water partition coefficient (Wildman–Crippen LogP) is 4.95. The van der Waals surface area contributed by atoms with E-state index >= 15 is 0 Å². The lowest BCUT2D eigenvalue weighted by atomic mass is 10.0. The summed E-state index contributed by atoms with van der Waals surface area (Å²) < 4.78 is 11.0. The summed E-state index contributed by atoms with van der Waals surface area (Å²) in [5.41, 5.74) is 2.86. The fourth-order valence-corrected chi connectivity index (χ4v) is 4.88. The van der Waals surface area contributed by atoms with Gasteiger partial charge >= 0.3 is 12.1 Å². The van der Waals surface area contributed by atoms with Crippen LogP contribution in [0.25, 0.3) is 0 Å². The quantitative estimate of drug-likeness (QED) is 0.373. The molecule has 0 aliphatic carbocycles. The van der Waals surface area contributed by atoms with Crippen LogP contribution in [0.2, 0.25) is 0 Å². The van der Waals surface area contributed by atoms with Gasteiger partial charge in [0.05, 0.1) is 13.2 Å². The molecule has 204 valence electrons. The highest BCUT2D eigenvalue weighted by Gasteiger charge is 2.32. The summed E-state index contributed by atoms with van der Waals surface area (Å²) in [6.07, 6.45) is 1.15. The molecule has 0 saturated carbocycles. The molecule has 1 atom stereocenters. The number of amides is 2. The summed E-state index contributed by atoms with van der Waals surface area (Å²) in [4.78, 5) is 39.9. The van der Waals surface area contributed by atoms with Crippen molar-refractivity contribution < 1.29 is 29.0 Å². The lowest BCUT2D eigenvalue weighted by Gasteiger charge is -2.40. The molecule has 39 heavy (non-hydrogen) atoms. The maximum Gasteiger partial charge on any atom is 0.407 e. The van der Waals surface area contributed by atoms with Crippen molar-refractivity contribution in [3.8, 4) is 11.5 Å². The fraction of sp³-hybridized carbons (Fsp3) is 0.323. The molecule has 0 radical (unpaired) electrons. The Morgan fingerprint density at radius 3 is 2.03 bits per heavy atom. The Bertz CT molecular complexity index is 1280. The van der Waals surface area contributed by atoms with Crippen molar-refractivity contribution in [3.63, 3.8) is 0 Å². The second kappa shape index (κ2) is 13.5. The number of para-hydroxylation sites is 2. The first-order valence-electron chi connectivity index (χ1n) is 13.2. The molecule has 0 bridgehead atoms. The molecule has 2 amide bonds. The lowest BCUT2D eigenvalue weighted by molar-refractivity contribution is -0.140. The molecule has 1 aliphatic heterocycles. The molecule has 1 aliphatic rings. The third kappa shape index (κ3) is 7.60. The van der Waals surface area contributed by atoms with Gasteiger partial charge in [-0.25, -0.2) is 4.79 Å². The van der Waals surface area contributed by atoms with Gasteiger partial charge in [0.1, 0.15) is 11.5 Å². The number of hydrogen-bond donors (Lipinski definition) is 1. The molecule has 1 saturated heterocycles. The number of methoxy groups -OCH3 is 1. The van der Waals surface area contributed by atoms with E-state index in [0.717, 1.165) is 16.7 Å². The van der Waals surface area contributed by atoms with E-state index in [9.17, 15) is 19.5 Å². The number of rotatable bonds is 10. The zero-order chi connectivity index (χ0) is 27.6. The number of ether oxygens (including phenoxy) is 2. The molecule has 0 aromatic heterocycles. The first-order valence-corrected chi connectivity index (χ1v) is 13.2. The lowest BCUT2D eigenvalue weighted by Crippen LogP contribution is -2.57. The van der Waals surface area contributed by atoms with E-state index in [1.165, 1.54) is 12.0 Å². The summed E-state index contributed by atoms with van der Waals surface area (Å²) in [5.74, 6) is 1.04. The van der Waals surface area contributed by atoms with E-state index in [2.05, 4.69) is 0 Å². The van der Waals surface area contributed by atoms with Gasteiger partial charge in [-0.1, -0.05) is 66.7 Å². The standard InChI is InChI=1S/C31H34N2O6/c1-38-30(35)18-16-25-12-6-8-14-28(25)39-27-13-7-5-11-24(27)15-17-29(34)33-20-19-32(31(36)37)22-26(33)21-23-9-3-2-4-10-23/h2-14,26H,15-22H2,1H3,(H,36,37). The third-order valence-corrected chi connectivity index (χ3v) is 6.99. The van der Waals surface area contributed by atoms with Crippen molar-refractivity contribution in [2.24, 2.45) is 0 Å². The molecule has 8 heteroatoms. The van der Waals surface area contributed by atoms with Crippen LogP contribution < -0.4 is 4.74 Å². The topological polar surface area (TPSA) is 96.4 Å². The number of nitrogens with zero attached hydrogens (tertiary/aromatic N) is 2. The van der Waals surface area contributed by atoms with Gasteiger partial charge in [0.25, 0.3) is 0 Å². The zero-order valence-corrected chi connectivity index (χ0v) is 22.1. The molecule has 3 aromatic rings. The van der Waals surface area contributed by atoms with E-state index < -0.39 is 6.09 Å². The molecule has 3 aromatic carbocycles. The van der Waals surface area contributed by atoms with Gasteiger partial charge < -0.3 is 24.4 Å². The molecule has 1 unspecified atom stereocenters. The second-order valence-electron chi connectivity index (χ2n) is 9.55. The fourth-order valence-electron chi connectivity index (χ4n) is 4.88. The van der Waals surface area contributed by atoms with E-state index in [4.69, 9.17) is 9.47 Å². The second-order valence-corrected chi connectivity index (χ2v) is 9.55. The summed E-state index contributed by atoms with van der Waals surface area (Å²) in [6.45, 7) is 0.959. The number of benzene rings is 3. The highest BCUT2D eigenvalue weighted by atomic mass is 16.5. The average Bonchev–Trinajstić information content (AvgIpc) is 2.96. The Kier molecular flexibility index (Phi) is 9.56. The van der Waals surface area contributed by atoms with Crippen molar-refractivity contribution >= 4 is 18.0 Å². The SMILES string of the molecule is COC(=O)CCc1ccccc1Oc1ccccc1CCC(=O)N1CCN(C(=O)O)CC1Cc1ccccc1. The molecule has 1 fully saturated rings. The van der Waals surface area contributed by atoms with E-state index in [1.807, 2.05) is 83.8 Å². The van der Waals surface area contributed by atoms with Crippen LogP contribution in [0.1, 0.15) is 29.5 Å². The van der Waals surface area contributed by atoms with Gasteiger partial charge in [-0.05, 0) is 48.1 Å². The van der Waals surface area contributed by atoms with Crippen LogP contribution in [0, 0.1) is 0 Å². The number of carbonyl (C=O) groups excluding carboxylic acids is 2. The van der Waals surface area contributed by atoms with Crippen molar-refractivity contribution in [2.45, 2.75) is 38.1 Å².